The Kier molecular flexibility index (Phi) is 2.56. The van der Waals surface area contributed by atoms with Crippen LogP contribution in [0.25, 0.3) is 11.1 Å². The fraction of sp³-hybridized carbons (Fsp3) is 0. The van der Waals surface area contributed by atoms with Gasteiger partial charge in [-0.05, 0) is 27.4 Å². The van der Waals surface area contributed by atoms with Crippen molar-refractivity contribution in [2.45, 2.75) is 0 Å². The van der Waals surface area contributed by atoms with Crippen molar-refractivity contribution >= 4 is 33.0 Å². The van der Waals surface area contributed by atoms with E-state index in [0.29, 0.717) is 0 Å². The van der Waals surface area contributed by atoms with Gasteiger partial charge in [-0.25, -0.2) is 4.39 Å². The lowest BCUT2D eigenvalue weighted by atomic mass is 10.1. The van der Waals surface area contributed by atoms with E-state index in [4.69, 9.17) is 5.73 Å². The van der Waals surface area contributed by atoms with E-state index in [0.717, 1.165) is 15.6 Å². The number of para-hydroxylation sites is 1. The third-order valence-corrected chi connectivity index (χ3v) is 3.66. The Morgan fingerprint density at radius 3 is 2.64 bits per heavy atom. The second-order valence-electron chi connectivity index (χ2n) is 2.83. The van der Waals surface area contributed by atoms with Crippen molar-refractivity contribution in [2.75, 3.05) is 5.73 Å². The summed E-state index contributed by atoms with van der Waals surface area (Å²) in [5, 5.41) is 3.88. The van der Waals surface area contributed by atoms with Crippen LogP contribution in [0.3, 0.4) is 0 Å². The molecular weight excluding hydrogens is 265 g/mol. The van der Waals surface area contributed by atoms with E-state index >= 15 is 0 Å². The number of anilines is 1. The van der Waals surface area contributed by atoms with E-state index in [9.17, 15) is 4.39 Å². The van der Waals surface area contributed by atoms with Gasteiger partial charge in [0.2, 0.25) is 0 Å². The Labute approximate surface area is 93.5 Å². The third kappa shape index (κ3) is 1.55. The molecule has 0 saturated carbocycles. The molecule has 14 heavy (non-hydrogen) atoms. The summed E-state index contributed by atoms with van der Waals surface area (Å²) in [4.78, 5) is 0. The van der Waals surface area contributed by atoms with E-state index in [1.54, 1.807) is 17.4 Å². The predicted molar refractivity (Wildman–Crippen MR) is 61.8 cm³/mol. The highest BCUT2D eigenvalue weighted by atomic mass is 79.9. The van der Waals surface area contributed by atoms with Crippen LogP contribution in [0.1, 0.15) is 0 Å². The number of thiophene rings is 1. The summed E-state index contributed by atoms with van der Waals surface area (Å²) in [6, 6.07) is 4.83. The van der Waals surface area contributed by atoms with Crippen LogP contribution in [0.5, 0.6) is 0 Å². The Bertz CT molecular complexity index is 467. The van der Waals surface area contributed by atoms with Crippen molar-refractivity contribution in [1.82, 2.24) is 0 Å². The molecule has 2 rings (SSSR count). The number of halogens is 2. The first-order valence-corrected chi connectivity index (χ1v) is 5.70. The first kappa shape index (κ1) is 9.68. The van der Waals surface area contributed by atoms with Crippen LogP contribution in [0, 0.1) is 5.82 Å². The zero-order valence-corrected chi connectivity index (χ0v) is 9.53. The van der Waals surface area contributed by atoms with E-state index in [-0.39, 0.29) is 11.5 Å². The minimum atomic E-state index is -0.374. The summed E-state index contributed by atoms with van der Waals surface area (Å²) in [6.07, 6.45) is 0. The molecule has 1 aromatic heterocycles. The zero-order valence-electron chi connectivity index (χ0n) is 7.13. The summed E-state index contributed by atoms with van der Waals surface area (Å²) in [7, 11) is 0. The third-order valence-electron chi connectivity index (χ3n) is 1.96. The molecule has 0 aliphatic heterocycles. The molecule has 0 spiro atoms. The molecule has 2 aromatic rings. The highest BCUT2D eigenvalue weighted by Crippen LogP contribution is 2.35. The molecule has 0 bridgehead atoms. The quantitative estimate of drug-likeness (QED) is 0.783. The van der Waals surface area contributed by atoms with Crippen LogP contribution in [0.2, 0.25) is 0 Å². The topological polar surface area (TPSA) is 26.0 Å². The summed E-state index contributed by atoms with van der Waals surface area (Å²) in [5.41, 5.74) is 7.52. The number of rotatable bonds is 1. The second-order valence-corrected chi connectivity index (χ2v) is 4.43. The Morgan fingerprint density at radius 2 is 2.00 bits per heavy atom. The van der Waals surface area contributed by atoms with E-state index < -0.39 is 0 Å². The number of hydrogen-bond donors (Lipinski definition) is 1. The number of nitrogen functional groups attached to an aromatic ring is 1. The van der Waals surface area contributed by atoms with Crippen molar-refractivity contribution in [1.29, 1.82) is 0 Å². The van der Waals surface area contributed by atoms with Crippen molar-refractivity contribution in [3.8, 4) is 11.1 Å². The molecule has 72 valence electrons. The molecule has 4 heteroatoms. The smallest absolute Gasteiger partial charge is 0.146 e. The molecule has 1 nitrogen and oxygen atoms in total. The van der Waals surface area contributed by atoms with E-state index in [2.05, 4.69) is 15.9 Å². The van der Waals surface area contributed by atoms with Gasteiger partial charge in [0.25, 0.3) is 0 Å². The maximum absolute atomic E-state index is 13.2. The van der Waals surface area contributed by atoms with E-state index in [1.807, 2.05) is 16.8 Å². The lowest BCUT2D eigenvalue weighted by Gasteiger charge is -2.04. The average Bonchev–Trinajstić information content (AvgIpc) is 2.57. The molecule has 0 fully saturated rings. The lowest BCUT2D eigenvalue weighted by Crippen LogP contribution is -1.93. The summed E-state index contributed by atoms with van der Waals surface area (Å²) in [6.45, 7) is 0. The van der Waals surface area contributed by atoms with Gasteiger partial charge in [-0.15, -0.1) is 0 Å². The molecule has 1 aromatic carbocycles. The first-order valence-electron chi connectivity index (χ1n) is 3.96. The van der Waals surface area contributed by atoms with Gasteiger partial charge in [-0.3, -0.25) is 0 Å². The van der Waals surface area contributed by atoms with Crippen LogP contribution in [0.4, 0.5) is 10.1 Å². The molecule has 0 aliphatic carbocycles. The maximum atomic E-state index is 13.2. The average molecular weight is 272 g/mol. The molecule has 0 atom stereocenters. The van der Waals surface area contributed by atoms with Gasteiger partial charge in [0.05, 0.1) is 5.69 Å². The van der Waals surface area contributed by atoms with Gasteiger partial charge >= 0.3 is 0 Å². The van der Waals surface area contributed by atoms with Gasteiger partial charge < -0.3 is 5.73 Å². The lowest BCUT2D eigenvalue weighted by molar-refractivity contribution is 0.633. The van der Waals surface area contributed by atoms with Crippen LogP contribution in [-0.2, 0) is 0 Å². The Balaban J connectivity index is 2.63. The highest BCUT2D eigenvalue weighted by molar-refractivity contribution is 9.10. The Morgan fingerprint density at radius 1 is 1.21 bits per heavy atom. The first-order chi connectivity index (χ1) is 6.70. The van der Waals surface area contributed by atoms with Crippen LogP contribution < -0.4 is 5.73 Å². The monoisotopic (exact) mass is 271 g/mol. The van der Waals surface area contributed by atoms with Crippen molar-refractivity contribution < 1.29 is 4.39 Å². The van der Waals surface area contributed by atoms with Gasteiger partial charge in [0.1, 0.15) is 5.82 Å². The molecule has 0 aliphatic rings. The number of nitrogens with two attached hydrogens (primary N) is 1. The molecule has 0 unspecified atom stereocenters. The van der Waals surface area contributed by atoms with Gasteiger partial charge in [0, 0.05) is 21.0 Å². The normalized spacial score (nSPS) is 10.4. The molecule has 0 radical (unpaired) electrons. The highest BCUT2D eigenvalue weighted by Gasteiger charge is 2.09. The van der Waals surface area contributed by atoms with Gasteiger partial charge in [-0.2, -0.15) is 11.3 Å². The fourth-order valence-corrected chi connectivity index (χ4v) is 2.75. The second kappa shape index (κ2) is 3.71. The standard InChI is InChI=1S/C10H7BrFNS/c11-8-5-14-4-7(8)6-2-1-3-9(12)10(6)13/h1-5H,13H2. The summed E-state index contributed by atoms with van der Waals surface area (Å²) >= 11 is 4.94. The predicted octanol–water partition coefficient (Wildman–Crippen LogP) is 3.90. The minimum absolute atomic E-state index is 0.201. The van der Waals surface area contributed by atoms with Crippen LogP contribution >= 0.6 is 27.3 Å². The van der Waals surface area contributed by atoms with Crippen LogP contribution in [-0.4, -0.2) is 0 Å². The van der Waals surface area contributed by atoms with Crippen molar-refractivity contribution in [3.05, 3.63) is 39.2 Å². The molecule has 0 saturated heterocycles. The molecular formula is C10H7BrFNS. The molecule has 2 N–H and O–H groups in total. The zero-order chi connectivity index (χ0) is 10.1. The number of hydrogen-bond acceptors (Lipinski definition) is 2. The van der Waals surface area contributed by atoms with Gasteiger partial charge in [0.15, 0.2) is 0 Å². The van der Waals surface area contributed by atoms with Gasteiger partial charge in [-0.1, -0.05) is 12.1 Å². The summed E-state index contributed by atoms with van der Waals surface area (Å²) < 4.78 is 14.1. The van der Waals surface area contributed by atoms with Crippen molar-refractivity contribution in [2.24, 2.45) is 0 Å². The largest absolute Gasteiger partial charge is 0.396 e. The van der Waals surface area contributed by atoms with Crippen LogP contribution in [0.15, 0.2) is 33.4 Å². The number of benzene rings is 1. The summed E-state index contributed by atoms with van der Waals surface area (Å²) in [5.74, 6) is -0.374. The van der Waals surface area contributed by atoms with E-state index in [1.165, 1.54) is 6.07 Å². The molecule has 1 heterocycles. The SMILES string of the molecule is Nc1c(F)cccc1-c1cscc1Br. The minimum Gasteiger partial charge on any atom is -0.396 e. The fourth-order valence-electron chi connectivity index (χ4n) is 1.25. The Hall–Kier alpha value is -0.870. The molecule has 0 amide bonds. The maximum Gasteiger partial charge on any atom is 0.146 e. The van der Waals surface area contributed by atoms with Crippen molar-refractivity contribution in [3.63, 3.8) is 0 Å².